The molecule has 19 heavy (non-hydrogen) atoms. The number of carbonyl (C=O) groups excluding carboxylic acids is 1. The minimum atomic E-state index is 0.0157. The number of ether oxygens (including phenoxy) is 1. The first-order valence-corrected chi connectivity index (χ1v) is 6.63. The summed E-state index contributed by atoms with van der Waals surface area (Å²) < 4.78 is 5.62. The molecule has 0 aromatic heterocycles. The van der Waals surface area contributed by atoms with Gasteiger partial charge < -0.3 is 9.64 Å². The van der Waals surface area contributed by atoms with Gasteiger partial charge in [0.2, 0.25) is 5.91 Å². The van der Waals surface area contributed by atoms with Gasteiger partial charge >= 0.3 is 0 Å². The van der Waals surface area contributed by atoms with Gasteiger partial charge in [0.25, 0.3) is 0 Å². The fraction of sp³-hybridized carbons (Fsp3) is 0.467. The quantitative estimate of drug-likeness (QED) is 0.835. The Kier molecular flexibility index (Phi) is 2.90. The number of benzene rings is 1. The van der Waals surface area contributed by atoms with E-state index in [4.69, 9.17) is 10.00 Å². The molecule has 98 valence electrons. The number of carbonyl (C=O) groups is 1. The first kappa shape index (κ1) is 12.0. The van der Waals surface area contributed by atoms with Crippen molar-refractivity contribution in [3.63, 3.8) is 0 Å². The maximum atomic E-state index is 12.2. The van der Waals surface area contributed by atoms with Crippen LogP contribution in [0.1, 0.15) is 25.7 Å². The number of anilines is 1. The largest absolute Gasteiger partial charge is 0.491 e. The van der Waals surface area contributed by atoms with Crippen LogP contribution in [-0.4, -0.2) is 19.1 Å². The predicted octanol–water partition coefficient (Wildman–Crippen LogP) is 2.50. The molecule has 3 rings (SSSR count). The van der Waals surface area contributed by atoms with Gasteiger partial charge in [-0.1, -0.05) is 12.1 Å². The van der Waals surface area contributed by atoms with Crippen LogP contribution >= 0.6 is 0 Å². The molecule has 1 fully saturated rings. The average Bonchev–Trinajstić information content (AvgIpc) is 3.18. The van der Waals surface area contributed by atoms with Crippen molar-refractivity contribution in [1.29, 1.82) is 5.26 Å². The lowest BCUT2D eigenvalue weighted by Gasteiger charge is -2.26. The van der Waals surface area contributed by atoms with Crippen molar-refractivity contribution in [1.82, 2.24) is 0 Å². The molecular weight excluding hydrogens is 240 g/mol. The summed E-state index contributed by atoms with van der Waals surface area (Å²) in [5.41, 5.74) is 0.858. The summed E-state index contributed by atoms with van der Waals surface area (Å²) >= 11 is 0. The second-order valence-corrected chi connectivity index (χ2v) is 5.38. The highest BCUT2D eigenvalue weighted by Gasteiger charge is 2.45. The molecule has 0 atom stereocenters. The van der Waals surface area contributed by atoms with Crippen molar-refractivity contribution in [2.45, 2.75) is 25.7 Å². The summed E-state index contributed by atoms with van der Waals surface area (Å²) in [6.07, 6.45) is 3.00. The lowest BCUT2D eigenvalue weighted by atomic mass is 10.0. The van der Waals surface area contributed by atoms with Gasteiger partial charge in [-0.3, -0.25) is 4.79 Å². The number of rotatable bonds is 3. The Morgan fingerprint density at radius 2 is 2.16 bits per heavy atom. The van der Waals surface area contributed by atoms with Crippen molar-refractivity contribution in [2.24, 2.45) is 5.41 Å². The van der Waals surface area contributed by atoms with Crippen molar-refractivity contribution in [3.8, 4) is 11.8 Å². The topological polar surface area (TPSA) is 53.3 Å². The molecule has 1 aliphatic heterocycles. The zero-order valence-corrected chi connectivity index (χ0v) is 10.8. The van der Waals surface area contributed by atoms with E-state index in [1.807, 2.05) is 29.2 Å². The Hall–Kier alpha value is -2.02. The highest BCUT2D eigenvalue weighted by Crippen LogP contribution is 2.50. The fourth-order valence-electron chi connectivity index (χ4n) is 2.56. The summed E-state index contributed by atoms with van der Waals surface area (Å²) in [6, 6.07) is 9.88. The second kappa shape index (κ2) is 4.58. The highest BCUT2D eigenvalue weighted by atomic mass is 16.5. The van der Waals surface area contributed by atoms with E-state index in [0.29, 0.717) is 26.0 Å². The molecule has 0 radical (unpaired) electrons. The van der Waals surface area contributed by atoms with Gasteiger partial charge in [-0.05, 0) is 25.0 Å². The number of nitriles is 1. The Bertz CT molecular complexity index is 543. The molecule has 0 saturated heterocycles. The second-order valence-electron chi connectivity index (χ2n) is 5.38. The van der Waals surface area contributed by atoms with Gasteiger partial charge in [0.15, 0.2) is 0 Å². The molecule has 1 heterocycles. The third kappa shape index (κ3) is 2.28. The summed E-state index contributed by atoms with van der Waals surface area (Å²) in [6.45, 7) is 1.07. The van der Waals surface area contributed by atoms with Crippen LogP contribution in [0.15, 0.2) is 24.3 Å². The van der Waals surface area contributed by atoms with Gasteiger partial charge in [0, 0.05) is 18.4 Å². The molecule has 1 saturated carbocycles. The molecule has 1 aromatic rings. The van der Waals surface area contributed by atoms with Crippen LogP contribution in [0.2, 0.25) is 0 Å². The smallest absolute Gasteiger partial charge is 0.230 e. The van der Waals surface area contributed by atoms with E-state index >= 15 is 0 Å². The molecule has 0 unspecified atom stereocenters. The molecule has 1 aliphatic carbocycles. The van der Waals surface area contributed by atoms with E-state index in [2.05, 4.69) is 6.07 Å². The average molecular weight is 256 g/mol. The minimum Gasteiger partial charge on any atom is -0.491 e. The van der Waals surface area contributed by atoms with Crippen LogP contribution < -0.4 is 9.64 Å². The zero-order chi connectivity index (χ0) is 13.3. The maximum absolute atomic E-state index is 12.2. The minimum absolute atomic E-state index is 0.0157. The van der Waals surface area contributed by atoms with Crippen LogP contribution in [0, 0.1) is 16.7 Å². The fourth-order valence-corrected chi connectivity index (χ4v) is 2.56. The van der Waals surface area contributed by atoms with E-state index in [9.17, 15) is 4.79 Å². The van der Waals surface area contributed by atoms with Crippen LogP contribution in [0.4, 0.5) is 5.69 Å². The van der Waals surface area contributed by atoms with Crippen LogP contribution in [0.3, 0.4) is 0 Å². The van der Waals surface area contributed by atoms with Gasteiger partial charge in [-0.25, -0.2) is 0 Å². The van der Waals surface area contributed by atoms with Gasteiger partial charge in [0.05, 0.1) is 24.8 Å². The van der Waals surface area contributed by atoms with Crippen LogP contribution in [0.25, 0.3) is 0 Å². The molecule has 1 aromatic carbocycles. The van der Waals surface area contributed by atoms with E-state index in [-0.39, 0.29) is 11.3 Å². The molecule has 2 aliphatic rings. The van der Waals surface area contributed by atoms with E-state index in [1.165, 1.54) is 0 Å². The molecule has 4 nitrogen and oxygen atoms in total. The number of fused-ring (bicyclic) bond motifs is 1. The lowest BCUT2D eigenvalue weighted by Crippen LogP contribution is -2.35. The number of para-hydroxylation sites is 2. The third-order valence-electron chi connectivity index (χ3n) is 3.94. The van der Waals surface area contributed by atoms with Crippen LogP contribution in [-0.2, 0) is 4.79 Å². The Morgan fingerprint density at radius 3 is 2.89 bits per heavy atom. The normalized spacial score (nSPS) is 19.9. The van der Waals surface area contributed by atoms with Crippen molar-refractivity contribution in [2.75, 3.05) is 18.1 Å². The summed E-state index contributed by atoms with van der Waals surface area (Å²) in [5, 5.41) is 8.91. The summed E-state index contributed by atoms with van der Waals surface area (Å²) in [4.78, 5) is 14.1. The molecule has 4 heteroatoms. The SMILES string of the molecule is N#CCC1(CN2C(=O)CCOc3ccccc32)CC1. The zero-order valence-electron chi connectivity index (χ0n) is 10.8. The number of hydrogen-bond acceptors (Lipinski definition) is 3. The van der Waals surface area contributed by atoms with E-state index in [1.54, 1.807) is 0 Å². The predicted molar refractivity (Wildman–Crippen MR) is 70.8 cm³/mol. The first-order valence-electron chi connectivity index (χ1n) is 6.63. The Balaban J connectivity index is 1.90. The van der Waals surface area contributed by atoms with Crippen molar-refractivity contribution >= 4 is 11.6 Å². The van der Waals surface area contributed by atoms with Gasteiger partial charge in [-0.2, -0.15) is 5.26 Å². The van der Waals surface area contributed by atoms with Crippen molar-refractivity contribution < 1.29 is 9.53 Å². The first-order chi connectivity index (χ1) is 9.24. The van der Waals surface area contributed by atoms with Crippen LogP contribution in [0.5, 0.6) is 5.75 Å². The van der Waals surface area contributed by atoms with Gasteiger partial charge in [0.1, 0.15) is 5.75 Å². The number of nitrogens with zero attached hydrogens (tertiary/aromatic N) is 2. The van der Waals surface area contributed by atoms with E-state index in [0.717, 1.165) is 24.3 Å². The summed E-state index contributed by atoms with van der Waals surface area (Å²) in [7, 11) is 0. The highest BCUT2D eigenvalue weighted by molar-refractivity contribution is 5.95. The Labute approximate surface area is 112 Å². The van der Waals surface area contributed by atoms with Crippen molar-refractivity contribution in [3.05, 3.63) is 24.3 Å². The molecule has 1 amide bonds. The maximum Gasteiger partial charge on any atom is 0.230 e. The number of hydrogen-bond donors (Lipinski definition) is 0. The monoisotopic (exact) mass is 256 g/mol. The Morgan fingerprint density at radius 1 is 1.37 bits per heavy atom. The third-order valence-corrected chi connectivity index (χ3v) is 3.94. The molecule has 0 spiro atoms. The molecule has 0 N–H and O–H groups in total. The molecule has 0 bridgehead atoms. The number of amides is 1. The molecular formula is C15H16N2O2. The van der Waals surface area contributed by atoms with Gasteiger partial charge in [-0.15, -0.1) is 0 Å². The standard InChI is InChI=1S/C15H16N2O2/c16-9-8-15(6-7-15)11-17-12-3-1-2-4-13(12)19-10-5-14(17)18/h1-4H,5-8,10-11H2. The van der Waals surface area contributed by atoms with E-state index < -0.39 is 0 Å². The lowest BCUT2D eigenvalue weighted by molar-refractivity contribution is -0.119. The summed E-state index contributed by atoms with van der Waals surface area (Å²) in [5.74, 6) is 0.857.